The predicted molar refractivity (Wildman–Crippen MR) is 131 cm³/mol. The fraction of sp³-hybridized carbons (Fsp3) is 0.269. The SMILES string of the molecule is COc1cc2c(cc1OC)[C@@H](C)N(C(=O)c1cc3nc(-c4ccc(Cl)cc4)cc(C(F)(F)F)n3n1)CC2. The van der Waals surface area contributed by atoms with E-state index in [0.717, 1.165) is 17.2 Å². The number of methoxy groups -OCH3 is 2. The molecule has 1 aliphatic heterocycles. The fourth-order valence-electron chi connectivity index (χ4n) is 4.62. The Labute approximate surface area is 215 Å². The zero-order chi connectivity index (χ0) is 26.5. The molecule has 2 aromatic heterocycles. The van der Waals surface area contributed by atoms with Gasteiger partial charge in [-0.2, -0.15) is 18.3 Å². The van der Waals surface area contributed by atoms with Crippen molar-refractivity contribution < 1.29 is 27.4 Å². The van der Waals surface area contributed by atoms with Crippen molar-refractivity contribution in [2.75, 3.05) is 20.8 Å². The predicted octanol–water partition coefficient (Wildman–Crippen LogP) is 5.85. The highest BCUT2D eigenvalue weighted by atomic mass is 35.5. The summed E-state index contributed by atoms with van der Waals surface area (Å²) in [5.74, 6) is 0.638. The molecule has 2 aromatic carbocycles. The summed E-state index contributed by atoms with van der Waals surface area (Å²) in [6.07, 6.45) is -4.17. The Kier molecular flexibility index (Phi) is 6.23. The van der Waals surface area contributed by atoms with Crippen LogP contribution in [0.5, 0.6) is 11.5 Å². The molecule has 0 fully saturated rings. The standard InChI is InChI=1S/C26H22ClF3N4O3/c1-14-18-11-22(37-3)21(36-2)10-16(18)8-9-33(14)25(35)20-13-24-31-19(15-4-6-17(27)7-5-15)12-23(26(28,29)30)34(24)32-20/h4-7,10-14H,8-9H2,1-3H3/t14-/m1/s1. The average Bonchev–Trinajstić information content (AvgIpc) is 3.31. The van der Waals surface area contributed by atoms with Gasteiger partial charge in [0.15, 0.2) is 28.5 Å². The molecule has 0 N–H and O–H groups in total. The smallest absolute Gasteiger partial charge is 0.433 e. The third kappa shape index (κ3) is 4.46. The molecule has 0 aliphatic carbocycles. The normalized spacial score (nSPS) is 15.5. The number of rotatable bonds is 4. The third-order valence-electron chi connectivity index (χ3n) is 6.52. The quantitative estimate of drug-likeness (QED) is 0.331. The van der Waals surface area contributed by atoms with E-state index < -0.39 is 17.8 Å². The molecule has 1 aliphatic rings. The van der Waals surface area contributed by atoms with E-state index in [1.54, 1.807) is 36.3 Å². The topological polar surface area (TPSA) is 69.0 Å². The van der Waals surface area contributed by atoms with Crippen LogP contribution in [0.25, 0.3) is 16.9 Å². The molecule has 3 heterocycles. The summed E-state index contributed by atoms with van der Waals surface area (Å²) < 4.78 is 53.4. The molecular formula is C26H22ClF3N4O3. The summed E-state index contributed by atoms with van der Waals surface area (Å²) in [7, 11) is 3.08. The van der Waals surface area contributed by atoms with Crippen molar-refractivity contribution >= 4 is 23.2 Å². The van der Waals surface area contributed by atoms with Crippen molar-refractivity contribution in [3.05, 3.63) is 76.1 Å². The van der Waals surface area contributed by atoms with Crippen LogP contribution < -0.4 is 9.47 Å². The third-order valence-corrected chi connectivity index (χ3v) is 6.77. The molecule has 4 aromatic rings. The summed E-state index contributed by atoms with van der Waals surface area (Å²) in [5, 5.41) is 4.48. The Balaban J connectivity index is 1.54. The summed E-state index contributed by atoms with van der Waals surface area (Å²) in [6, 6.07) is 11.9. The van der Waals surface area contributed by atoms with Gasteiger partial charge in [-0.1, -0.05) is 23.7 Å². The lowest BCUT2D eigenvalue weighted by Gasteiger charge is -2.35. The van der Waals surface area contributed by atoms with Gasteiger partial charge < -0.3 is 14.4 Å². The van der Waals surface area contributed by atoms with Crippen LogP contribution >= 0.6 is 11.6 Å². The second-order valence-corrected chi connectivity index (χ2v) is 9.10. The first-order valence-electron chi connectivity index (χ1n) is 11.4. The molecular weight excluding hydrogens is 509 g/mol. The number of benzene rings is 2. The number of hydrogen-bond acceptors (Lipinski definition) is 5. The number of amides is 1. The molecule has 5 rings (SSSR count). The van der Waals surface area contributed by atoms with Crippen molar-refractivity contribution in [1.29, 1.82) is 0 Å². The number of aromatic nitrogens is 3. The van der Waals surface area contributed by atoms with Crippen LogP contribution in [0.2, 0.25) is 5.02 Å². The van der Waals surface area contributed by atoms with E-state index in [1.165, 1.54) is 13.2 Å². The Morgan fingerprint density at radius 3 is 2.38 bits per heavy atom. The maximum Gasteiger partial charge on any atom is 0.433 e. The van der Waals surface area contributed by atoms with Gasteiger partial charge in [0.1, 0.15) is 0 Å². The molecule has 0 bridgehead atoms. The Morgan fingerprint density at radius 2 is 1.73 bits per heavy atom. The average molecular weight is 531 g/mol. The molecule has 1 atom stereocenters. The monoisotopic (exact) mass is 530 g/mol. The van der Waals surface area contributed by atoms with Gasteiger partial charge in [0.05, 0.1) is 26.0 Å². The summed E-state index contributed by atoms with van der Waals surface area (Å²) in [5.41, 5.74) is 1.20. The van der Waals surface area contributed by atoms with Crippen molar-refractivity contribution in [3.63, 3.8) is 0 Å². The van der Waals surface area contributed by atoms with Gasteiger partial charge in [-0.15, -0.1) is 0 Å². The number of nitrogens with zero attached hydrogens (tertiary/aromatic N) is 4. The van der Waals surface area contributed by atoms with Crippen molar-refractivity contribution in [2.45, 2.75) is 25.6 Å². The lowest BCUT2D eigenvalue weighted by Crippen LogP contribution is -2.39. The summed E-state index contributed by atoms with van der Waals surface area (Å²) >= 11 is 5.92. The minimum Gasteiger partial charge on any atom is -0.493 e. The van der Waals surface area contributed by atoms with Gasteiger partial charge in [-0.3, -0.25) is 4.79 Å². The number of carbonyl (C=O) groups excluding carboxylic acids is 1. The van der Waals surface area contributed by atoms with Crippen LogP contribution in [-0.4, -0.2) is 46.2 Å². The van der Waals surface area contributed by atoms with E-state index in [-0.39, 0.29) is 23.1 Å². The van der Waals surface area contributed by atoms with Gasteiger partial charge in [0.2, 0.25) is 0 Å². The number of ether oxygens (including phenoxy) is 2. The van der Waals surface area contributed by atoms with Crippen molar-refractivity contribution in [1.82, 2.24) is 19.5 Å². The zero-order valence-electron chi connectivity index (χ0n) is 20.1. The molecule has 7 nitrogen and oxygen atoms in total. The van der Waals surface area contributed by atoms with E-state index in [2.05, 4.69) is 10.1 Å². The highest BCUT2D eigenvalue weighted by molar-refractivity contribution is 6.30. The number of hydrogen-bond donors (Lipinski definition) is 0. The number of fused-ring (bicyclic) bond motifs is 2. The Bertz CT molecular complexity index is 1500. The molecule has 0 saturated heterocycles. The minimum absolute atomic E-state index is 0.0837. The number of carbonyl (C=O) groups is 1. The van der Waals surface area contributed by atoms with Gasteiger partial charge in [0, 0.05) is 23.2 Å². The first-order valence-corrected chi connectivity index (χ1v) is 11.8. The lowest BCUT2D eigenvalue weighted by atomic mass is 9.92. The van der Waals surface area contributed by atoms with Crippen LogP contribution in [0.3, 0.4) is 0 Å². The Hall–Kier alpha value is -3.79. The highest BCUT2D eigenvalue weighted by Crippen LogP contribution is 2.39. The summed E-state index contributed by atoms with van der Waals surface area (Å²) in [4.78, 5) is 19.4. The molecule has 192 valence electrons. The van der Waals surface area contributed by atoms with E-state index in [4.69, 9.17) is 21.1 Å². The van der Waals surface area contributed by atoms with E-state index in [9.17, 15) is 18.0 Å². The Morgan fingerprint density at radius 1 is 1.05 bits per heavy atom. The first kappa shape index (κ1) is 24.9. The first-order chi connectivity index (χ1) is 17.6. The molecule has 0 unspecified atom stereocenters. The second kappa shape index (κ2) is 9.26. The van der Waals surface area contributed by atoms with Crippen LogP contribution in [0.15, 0.2) is 48.5 Å². The van der Waals surface area contributed by atoms with Gasteiger partial charge in [-0.05, 0) is 54.8 Å². The molecule has 37 heavy (non-hydrogen) atoms. The molecule has 1 amide bonds. The molecule has 0 saturated carbocycles. The maximum atomic E-state index is 14.0. The largest absolute Gasteiger partial charge is 0.493 e. The summed E-state index contributed by atoms with van der Waals surface area (Å²) in [6.45, 7) is 2.22. The maximum absolute atomic E-state index is 14.0. The highest BCUT2D eigenvalue weighted by Gasteiger charge is 2.37. The second-order valence-electron chi connectivity index (χ2n) is 8.66. The van der Waals surface area contributed by atoms with Crippen molar-refractivity contribution in [2.24, 2.45) is 0 Å². The minimum atomic E-state index is -4.72. The van der Waals surface area contributed by atoms with Gasteiger partial charge in [-0.25, -0.2) is 9.50 Å². The van der Waals surface area contributed by atoms with Crippen LogP contribution in [0, 0.1) is 0 Å². The van der Waals surface area contributed by atoms with Crippen LogP contribution in [-0.2, 0) is 12.6 Å². The van der Waals surface area contributed by atoms with E-state index in [1.807, 2.05) is 19.1 Å². The number of halogens is 4. The zero-order valence-corrected chi connectivity index (χ0v) is 20.9. The van der Waals surface area contributed by atoms with Gasteiger partial charge in [0.25, 0.3) is 5.91 Å². The van der Waals surface area contributed by atoms with Crippen molar-refractivity contribution in [3.8, 4) is 22.8 Å². The van der Waals surface area contributed by atoms with E-state index in [0.29, 0.717) is 39.6 Å². The fourth-order valence-corrected chi connectivity index (χ4v) is 4.74. The molecule has 0 radical (unpaired) electrons. The van der Waals surface area contributed by atoms with Gasteiger partial charge >= 0.3 is 6.18 Å². The molecule has 11 heteroatoms. The van der Waals surface area contributed by atoms with E-state index >= 15 is 0 Å². The lowest BCUT2D eigenvalue weighted by molar-refractivity contribution is -0.142. The number of alkyl halides is 3. The molecule has 0 spiro atoms. The van der Waals surface area contributed by atoms with Crippen LogP contribution in [0.4, 0.5) is 13.2 Å². The van der Waals surface area contributed by atoms with Crippen LogP contribution in [0.1, 0.15) is 40.3 Å².